The second-order valence-corrected chi connectivity index (χ2v) is 7.92. The summed E-state index contributed by atoms with van der Waals surface area (Å²) in [4.78, 5) is 32.1. The standard InChI is InChI=1S/C18H23N3O4S/c1-19-6-8-20(9-7-19)16(22)12-10-26-18-11-4-5-13(24-2)15(25-3)14(11)17(23)21(12)18/h4-5,12,18H,6-10H2,1-3H3/t12-,18+/m1/s1. The average Bonchev–Trinajstić information content (AvgIpc) is 3.21. The van der Waals surface area contributed by atoms with Crippen molar-refractivity contribution in [2.45, 2.75) is 11.4 Å². The van der Waals surface area contributed by atoms with Gasteiger partial charge in [-0.1, -0.05) is 6.07 Å². The van der Waals surface area contributed by atoms with Gasteiger partial charge in [0.15, 0.2) is 11.5 Å². The SMILES string of the molecule is COc1ccc2c(c1OC)C(=O)N1[C@@H](C(=O)N3CCN(C)CC3)CS[C@@H]21. The minimum absolute atomic E-state index is 0.0557. The van der Waals surface area contributed by atoms with Crippen molar-refractivity contribution in [2.24, 2.45) is 0 Å². The highest BCUT2D eigenvalue weighted by Gasteiger charge is 2.51. The molecule has 140 valence electrons. The molecule has 0 saturated carbocycles. The van der Waals surface area contributed by atoms with Crippen LogP contribution in [0, 0.1) is 0 Å². The highest BCUT2D eigenvalue weighted by atomic mass is 32.2. The summed E-state index contributed by atoms with van der Waals surface area (Å²) in [5.41, 5.74) is 1.44. The molecule has 0 aromatic heterocycles. The molecule has 26 heavy (non-hydrogen) atoms. The summed E-state index contributed by atoms with van der Waals surface area (Å²) in [6.45, 7) is 3.17. The van der Waals surface area contributed by atoms with Gasteiger partial charge in [0.05, 0.1) is 19.8 Å². The lowest BCUT2D eigenvalue weighted by atomic mass is 10.1. The van der Waals surface area contributed by atoms with Gasteiger partial charge in [0.25, 0.3) is 5.91 Å². The van der Waals surface area contributed by atoms with Crippen LogP contribution in [0.2, 0.25) is 0 Å². The zero-order chi connectivity index (χ0) is 18.4. The number of hydrogen-bond acceptors (Lipinski definition) is 6. The Morgan fingerprint density at radius 3 is 2.54 bits per heavy atom. The minimum atomic E-state index is -0.413. The van der Waals surface area contributed by atoms with Crippen LogP contribution in [-0.2, 0) is 4.79 Å². The fraction of sp³-hybridized carbons (Fsp3) is 0.556. The van der Waals surface area contributed by atoms with Crippen molar-refractivity contribution in [2.75, 3.05) is 53.2 Å². The van der Waals surface area contributed by atoms with Crippen LogP contribution in [-0.4, -0.2) is 85.8 Å². The molecule has 0 radical (unpaired) electrons. The first-order valence-corrected chi connectivity index (χ1v) is 9.78. The first kappa shape index (κ1) is 17.5. The maximum Gasteiger partial charge on any atom is 0.260 e. The van der Waals surface area contributed by atoms with Gasteiger partial charge in [0, 0.05) is 37.5 Å². The topological polar surface area (TPSA) is 62.3 Å². The van der Waals surface area contributed by atoms with E-state index in [-0.39, 0.29) is 17.2 Å². The lowest BCUT2D eigenvalue weighted by Crippen LogP contribution is -2.53. The molecule has 0 aliphatic carbocycles. The Balaban J connectivity index is 1.63. The van der Waals surface area contributed by atoms with Gasteiger partial charge in [-0.3, -0.25) is 9.59 Å². The Bertz CT molecular complexity index is 748. The number of nitrogens with zero attached hydrogens (tertiary/aromatic N) is 3. The van der Waals surface area contributed by atoms with E-state index < -0.39 is 6.04 Å². The molecule has 8 heteroatoms. The first-order valence-electron chi connectivity index (χ1n) is 8.73. The van der Waals surface area contributed by atoms with Crippen molar-refractivity contribution in [3.63, 3.8) is 0 Å². The molecular weight excluding hydrogens is 354 g/mol. The van der Waals surface area contributed by atoms with Gasteiger partial charge in [0.2, 0.25) is 5.91 Å². The van der Waals surface area contributed by atoms with Gasteiger partial charge >= 0.3 is 0 Å². The number of amides is 2. The number of thioether (sulfide) groups is 1. The molecule has 4 rings (SSSR count). The van der Waals surface area contributed by atoms with E-state index in [1.54, 1.807) is 23.8 Å². The Kier molecular flexibility index (Phi) is 4.48. The van der Waals surface area contributed by atoms with Gasteiger partial charge in [0.1, 0.15) is 11.4 Å². The Morgan fingerprint density at radius 2 is 1.88 bits per heavy atom. The van der Waals surface area contributed by atoms with Crippen molar-refractivity contribution < 1.29 is 19.1 Å². The fourth-order valence-corrected chi connectivity index (χ4v) is 5.37. The summed E-state index contributed by atoms with van der Waals surface area (Å²) in [7, 11) is 5.15. The maximum atomic E-state index is 13.2. The van der Waals surface area contributed by atoms with Crippen LogP contribution in [0.15, 0.2) is 12.1 Å². The molecule has 3 aliphatic heterocycles. The van der Waals surface area contributed by atoms with E-state index in [0.717, 1.165) is 18.7 Å². The van der Waals surface area contributed by atoms with Gasteiger partial charge in [-0.05, 0) is 13.1 Å². The molecule has 0 spiro atoms. The summed E-state index contributed by atoms with van der Waals surface area (Å²) in [5.74, 6) is 1.54. The van der Waals surface area contributed by atoms with E-state index >= 15 is 0 Å². The fourth-order valence-electron chi connectivity index (χ4n) is 3.92. The summed E-state index contributed by atoms with van der Waals surface area (Å²) in [6, 6.07) is 3.32. The largest absolute Gasteiger partial charge is 0.493 e. The van der Waals surface area contributed by atoms with Crippen molar-refractivity contribution in [3.8, 4) is 11.5 Å². The number of rotatable bonds is 3. The molecule has 1 aromatic rings. The summed E-state index contributed by atoms with van der Waals surface area (Å²) in [6.07, 6.45) is 0. The van der Waals surface area contributed by atoms with Crippen molar-refractivity contribution in [3.05, 3.63) is 23.3 Å². The third-order valence-electron chi connectivity index (χ3n) is 5.39. The Labute approximate surface area is 157 Å². The van der Waals surface area contributed by atoms with E-state index in [1.165, 1.54) is 7.11 Å². The number of ether oxygens (including phenoxy) is 2. The van der Waals surface area contributed by atoms with Gasteiger partial charge < -0.3 is 24.2 Å². The molecule has 2 fully saturated rings. The van der Waals surface area contributed by atoms with Crippen LogP contribution in [0.1, 0.15) is 21.3 Å². The van der Waals surface area contributed by atoms with E-state index in [4.69, 9.17) is 9.47 Å². The van der Waals surface area contributed by atoms with Gasteiger partial charge in [-0.25, -0.2) is 0 Å². The van der Waals surface area contributed by atoms with Crippen molar-refractivity contribution in [1.82, 2.24) is 14.7 Å². The number of fused-ring (bicyclic) bond motifs is 3. The molecule has 7 nitrogen and oxygen atoms in total. The summed E-state index contributed by atoms with van der Waals surface area (Å²) >= 11 is 1.64. The highest BCUT2D eigenvalue weighted by Crippen LogP contribution is 2.52. The molecule has 0 N–H and O–H groups in total. The third-order valence-corrected chi connectivity index (χ3v) is 6.70. The Hall–Kier alpha value is -1.93. The zero-order valence-electron chi connectivity index (χ0n) is 15.2. The maximum absolute atomic E-state index is 13.2. The molecule has 0 unspecified atom stereocenters. The number of methoxy groups -OCH3 is 2. The number of carbonyl (C=O) groups excluding carboxylic acids is 2. The number of piperazine rings is 1. The molecule has 2 saturated heterocycles. The summed E-state index contributed by atoms with van der Waals surface area (Å²) < 4.78 is 10.8. The van der Waals surface area contributed by atoms with Crippen LogP contribution in [0.5, 0.6) is 11.5 Å². The van der Waals surface area contributed by atoms with Gasteiger partial charge in [-0.2, -0.15) is 0 Å². The van der Waals surface area contributed by atoms with E-state index in [9.17, 15) is 9.59 Å². The second-order valence-electron chi connectivity index (χ2n) is 6.81. The van der Waals surface area contributed by atoms with Crippen LogP contribution in [0.25, 0.3) is 0 Å². The molecule has 2 atom stereocenters. The zero-order valence-corrected chi connectivity index (χ0v) is 16.0. The summed E-state index contributed by atoms with van der Waals surface area (Å²) in [5, 5.41) is -0.126. The number of hydrogen-bond donors (Lipinski definition) is 0. The van der Waals surface area contributed by atoms with Crippen LogP contribution < -0.4 is 9.47 Å². The smallest absolute Gasteiger partial charge is 0.260 e. The lowest BCUT2D eigenvalue weighted by Gasteiger charge is -2.35. The first-order chi connectivity index (χ1) is 12.6. The minimum Gasteiger partial charge on any atom is -0.493 e. The van der Waals surface area contributed by atoms with Crippen LogP contribution in [0.3, 0.4) is 0 Å². The van der Waals surface area contributed by atoms with E-state index in [0.29, 0.717) is 35.9 Å². The molecule has 3 heterocycles. The normalized spacial score (nSPS) is 25.3. The molecule has 2 amide bonds. The van der Waals surface area contributed by atoms with Crippen LogP contribution >= 0.6 is 11.8 Å². The lowest BCUT2D eigenvalue weighted by molar-refractivity contribution is -0.136. The van der Waals surface area contributed by atoms with E-state index in [2.05, 4.69) is 11.9 Å². The number of benzene rings is 1. The quantitative estimate of drug-likeness (QED) is 0.785. The monoisotopic (exact) mass is 377 g/mol. The predicted octanol–water partition coefficient (Wildman–Crippen LogP) is 1.05. The molecule has 0 bridgehead atoms. The van der Waals surface area contributed by atoms with Crippen molar-refractivity contribution in [1.29, 1.82) is 0 Å². The average molecular weight is 377 g/mol. The molecular formula is C18H23N3O4S. The third kappa shape index (κ3) is 2.54. The predicted molar refractivity (Wildman–Crippen MR) is 98.8 cm³/mol. The van der Waals surface area contributed by atoms with Gasteiger partial charge in [-0.15, -0.1) is 11.8 Å². The van der Waals surface area contributed by atoms with Crippen LogP contribution in [0.4, 0.5) is 0 Å². The Morgan fingerprint density at radius 1 is 1.15 bits per heavy atom. The number of carbonyl (C=O) groups is 2. The van der Waals surface area contributed by atoms with Crippen molar-refractivity contribution >= 4 is 23.6 Å². The second kappa shape index (κ2) is 6.66. The molecule has 3 aliphatic rings. The van der Waals surface area contributed by atoms with E-state index in [1.807, 2.05) is 17.0 Å². The highest BCUT2D eigenvalue weighted by molar-refractivity contribution is 7.99. The molecule has 1 aromatic carbocycles. The number of likely N-dealkylation sites (N-methyl/N-ethyl adjacent to an activating group) is 1.